The molecule has 0 spiro atoms. The minimum Gasteiger partial charge on any atom is -0.355 e. The predicted molar refractivity (Wildman–Crippen MR) is 80.6 cm³/mol. The molecule has 0 saturated heterocycles. The number of nitrogens with one attached hydrogen (secondary N) is 1. The number of benzene rings is 1. The Kier molecular flexibility index (Phi) is 3.40. The second-order valence-corrected chi connectivity index (χ2v) is 5.50. The van der Waals surface area contributed by atoms with Gasteiger partial charge in [0.25, 0.3) is 0 Å². The van der Waals surface area contributed by atoms with Gasteiger partial charge in [0.05, 0.1) is 4.88 Å². The Labute approximate surface area is 120 Å². The summed E-state index contributed by atoms with van der Waals surface area (Å²) in [6.07, 6.45) is 0. The summed E-state index contributed by atoms with van der Waals surface area (Å²) in [5.41, 5.74) is 0. The number of halogens is 1. The van der Waals surface area contributed by atoms with Gasteiger partial charge in [0, 0.05) is 17.8 Å². The lowest BCUT2D eigenvalue weighted by molar-refractivity contribution is 0.630. The van der Waals surface area contributed by atoms with Crippen molar-refractivity contribution < 1.29 is 4.39 Å². The van der Waals surface area contributed by atoms with E-state index in [9.17, 15) is 4.39 Å². The van der Waals surface area contributed by atoms with E-state index < -0.39 is 0 Å². The van der Waals surface area contributed by atoms with Gasteiger partial charge in [0.15, 0.2) is 5.82 Å². The van der Waals surface area contributed by atoms with Crippen LogP contribution in [0.3, 0.4) is 0 Å². The topological polar surface area (TPSA) is 42.7 Å². The molecule has 104 valence electrons. The lowest BCUT2D eigenvalue weighted by Crippen LogP contribution is -2.06. The predicted octanol–water partition coefficient (Wildman–Crippen LogP) is 3.75. The summed E-state index contributed by atoms with van der Waals surface area (Å²) in [6.45, 7) is 5.67. The van der Waals surface area contributed by atoms with E-state index in [4.69, 9.17) is 0 Å². The molecular weight excluding hydrogens is 275 g/mol. The molecule has 1 N–H and O–H groups in total. The fourth-order valence-corrected chi connectivity index (χ4v) is 3.27. The fraction of sp³-hybridized carbons (Fsp3) is 0.286. The van der Waals surface area contributed by atoms with Crippen molar-refractivity contribution in [2.45, 2.75) is 20.4 Å². The molecule has 3 aromatic rings. The third-order valence-electron chi connectivity index (χ3n) is 3.10. The molecule has 0 saturated carbocycles. The molecule has 0 atom stereocenters. The van der Waals surface area contributed by atoms with Gasteiger partial charge in [-0.2, -0.15) is 0 Å². The van der Waals surface area contributed by atoms with E-state index in [-0.39, 0.29) is 5.82 Å². The van der Waals surface area contributed by atoms with Crippen molar-refractivity contribution in [3.63, 3.8) is 0 Å². The van der Waals surface area contributed by atoms with Crippen LogP contribution in [-0.4, -0.2) is 21.3 Å². The Morgan fingerprint density at radius 1 is 1.25 bits per heavy atom. The average molecular weight is 290 g/mol. The first-order valence-corrected chi connectivity index (χ1v) is 7.41. The molecule has 0 radical (unpaired) electrons. The van der Waals surface area contributed by atoms with Gasteiger partial charge in [-0.3, -0.25) is 4.57 Å². The quantitative estimate of drug-likeness (QED) is 0.795. The lowest BCUT2D eigenvalue weighted by Gasteiger charge is -2.06. The van der Waals surface area contributed by atoms with E-state index in [0.29, 0.717) is 0 Å². The van der Waals surface area contributed by atoms with Crippen LogP contribution in [0, 0.1) is 5.82 Å². The summed E-state index contributed by atoms with van der Waals surface area (Å²) in [6, 6.07) is 6.86. The van der Waals surface area contributed by atoms with E-state index >= 15 is 0 Å². The van der Waals surface area contributed by atoms with Gasteiger partial charge in [-0.1, -0.05) is 6.07 Å². The molecular formula is C14H15FN4S. The Hall–Kier alpha value is -1.95. The Morgan fingerprint density at radius 3 is 2.85 bits per heavy atom. The first kappa shape index (κ1) is 13.1. The molecule has 2 aromatic heterocycles. The van der Waals surface area contributed by atoms with Crippen LogP contribution in [0.25, 0.3) is 20.8 Å². The minimum absolute atomic E-state index is 0.212. The molecule has 0 fully saturated rings. The largest absolute Gasteiger partial charge is 0.355 e. The van der Waals surface area contributed by atoms with Gasteiger partial charge in [-0.05, 0) is 37.4 Å². The zero-order valence-electron chi connectivity index (χ0n) is 11.4. The van der Waals surface area contributed by atoms with Gasteiger partial charge < -0.3 is 5.32 Å². The van der Waals surface area contributed by atoms with Crippen LogP contribution in [0.4, 0.5) is 10.3 Å². The zero-order valence-corrected chi connectivity index (χ0v) is 12.2. The minimum atomic E-state index is -0.212. The summed E-state index contributed by atoms with van der Waals surface area (Å²) in [7, 11) is 0. The molecule has 0 amide bonds. The summed E-state index contributed by atoms with van der Waals surface area (Å²) in [5, 5.41) is 12.7. The summed E-state index contributed by atoms with van der Waals surface area (Å²) < 4.78 is 16.2. The highest BCUT2D eigenvalue weighted by molar-refractivity contribution is 7.22. The van der Waals surface area contributed by atoms with Crippen LogP contribution >= 0.6 is 11.3 Å². The monoisotopic (exact) mass is 290 g/mol. The highest BCUT2D eigenvalue weighted by Gasteiger charge is 2.14. The molecule has 6 heteroatoms. The van der Waals surface area contributed by atoms with E-state index in [1.807, 2.05) is 17.6 Å². The molecule has 3 rings (SSSR count). The van der Waals surface area contributed by atoms with Crippen molar-refractivity contribution >= 4 is 27.4 Å². The van der Waals surface area contributed by atoms with Crippen LogP contribution in [0.2, 0.25) is 0 Å². The molecule has 2 heterocycles. The average Bonchev–Trinajstić information content (AvgIpc) is 3.01. The maximum Gasteiger partial charge on any atom is 0.224 e. The number of anilines is 1. The summed E-state index contributed by atoms with van der Waals surface area (Å²) in [4.78, 5) is 1.00. The Balaban J connectivity index is 2.10. The van der Waals surface area contributed by atoms with E-state index in [1.165, 1.54) is 17.4 Å². The third-order valence-corrected chi connectivity index (χ3v) is 4.20. The number of aromatic nitrogens is 3. The van der Waals surface area contributed by atoms with Crippen molar-refractivity contribution in [1.82, 2.24) is 14.8 Å². The summed E-state index contributed by atoms with van der Waals surface area (Å²) in [5.74, 6) is 1.38. The number of thiophene rings is 1. The van der Waals surface area contributed by atoms with Gasteiger partial charge in [0.1, 0.15) is 5.82 Å². The van der Waals surface area contributed by atoms with Gasteiger partial charge in [-0.25, -0.2) is 4.39 Å². The van der Waals surface area contributed by atoms with Crippen LogP contribution < -0.4 is 5.32 Å². The van der Waals surface area contributed by atoms with Crippen LogP contribution in [0.15, 0.2) is 24.3 Å². The molecule has 0 aliphatic carbocycles. The number of fused-ring (bicyclic) bond motifs is 1. The highest BCUT2D eigenvalue weighted by Crippen LogP contribution is 2.33. The summed E-state index contributed by atoms with van der Waals surface area (Å²) >= 11 is 1.53. The third kappa shape index (κ3) is 2.16. The van der Waals surface area contributed by atoms with Gasteiger partial charge in [-0.15, -0.1) is 21.5 Å². The first-order chi connectivity index (χ1) is 9.72. The van der Waals surface area contributed by atoms with Crippen molar-refractivity contribution in [2.75, 3.05) is 11.9 Å². The van der Waals surface area contributed by atoms with Crippen molar-refractivity contribution in [3.8, 4) is 10.7 Å². The SMILES string of the molecule is CCNc1nnc(-c2cc3ccc(F)cc3s2)n1CC. The smallest absolute Gasteiger partial charge is 0.224 e. The van der Waals surface area contributed by atoms with Crippen molar-refractivity contribution in [1.29, 1.82) is 0 Å². The number of rotatable bonds is 4. The second kappa shape index (κ2) is 5.20. The normalized spacial score (nSPS) is 11.2. The fourth-order valence-electron chi connectivity index (χ4n) is 2.19. The van der Waals surface area contributed by atoms with Gasteiger partial charge in [0.2, 0.25) is 5.95 Å². The molecule has 0 unspecified atom stereocenters. The molecule has 0 aliphatic rings. The zero-order chi connectivity index (χ0) is 14.1. The highest BCUT2D eigenvalue weighted by atomic mass is 32.1. The van der Waals surface area contributed by atoms with Crippen molar-refractivity contribution in [2.24, 2.45) is 0 Å². The maximum atomic E-state index is 13.3. The first-order valence-electron chi connectivity index (χ1n) is 6.59. The molecule has 0 aliphatic heterocycles. The molecule has 4 nitrogen and oxygen atoms in total. The standard InChI is InChI=1S/C14H15FN4S/c1-3-16-14-18-17-13(19(14)4-2)12-7-9-5-6-10(15)8-11(9)20-12/h5-8H,3-4H2,1-2H3,(H,16,18). The maximum absolute atomic E-state index is 13.3. The molecule has 1 aromatic carbocycles. The van der Waals surface area contributed by atoms with E-state index in [2.05, 4.69) is 22.4 Å². The van der Waals surface area contributed by atoms with Gasteiger partial charge >= 0.3 is 0 Å². The number of nitrogens with zero attached hydrogens (tertiary/aromatic N) is 3. The van der Waals surface area contributed by atoms with Crippen LogP contribution in [0.5, 0.6) is 0 Å². The number of hydrogen-bond donors (Lipinski definition) is 1. The Morgan fingerprint density at radius 2 is 2.10 bits per heavy atom. The van der Waals surface area contributed by atoms with E-state index in [0.717, 1.165) is 39.8 Å². The number of hydrogen-bond acceptors (Lipinski definition) is 4. The molecule has 20 heavy (non-hydrogen) atoms. The van der Waals surface area contributed by atoms with Crippen molar-refractivity contribution in [3.05, 3.63) is 30.1 Å². The van der Waals surface area contributed by atoms with Crippen LogP contribution in [-0.2, 0) is 6.54 Å². The van der Waals surface area contributed by atoms with E-state index in [1.54, 1.807) is 12.1 Å². The second-order valence-electron chi connectivity index (χ2n) is 4.41. The lowest BCUT2D eigenvalue weighted by atomic mass is 10.2. The Bertz CT molecular complexity index is 747. The molecule has 0 bridgehead atoms. The van der Waals surface area contributed by atoms with Crippen LogP contribution in [0.1, 0.15) is 13.8 Å².